The average Bonchev–Trinajstić information content (AvgIpc) is 2.40. The number of pyridine rings is 1. The standard InChI is InChI=1S/C14H14N2O2S/c1-10-5-2-3-7-12(10)19-9-13(18)16-14-11(17)6-4-8-15-14/h2-8,17H,9H2,1H3,(H,15,16,18). The van der Waals surface area contributed by atoms with Crippen LogP contribution in [-0.4, -0.2) is 21.8 Å². The predicted octanol–water partition coefficient (Wildman–Crippen LogP) is 2.83. The second-order valence-corrected chi connectivity index (χ2v) is 4.99. The molecule has 0 saturated carbocycles. The van der Waals surface area contributed by atoms with Crippen LogP contribution in [0.5, 0.6) is 5.75 Å². The maximum absolute atomic E-state index is 11.8. The lowest BCUT2D eigenvalue weighted by molar-refractivity contribution is -0.113. The summed E-state index contributed by atoms with van der Waals surface area (Å²) in [5.74, 6) is 0.248. The van der Waals surface area contributed by atoms with Crippen molar-refractivity contribution in [2.45, 2.75) is 11.8 Å². The van der Waals surface area contributed by atoms with E-state index in [1.54, 1.807) is 6.07 Å². The van der Waals surface area contributed by atoms with Gasteiger partial charge in [-0.05, 0) is 30.7 Å². The van der Waals surface area contributed by atoms with Gasteiger partial charge in [0.25, 0.3) is 0 Å². The maximum Gasteiger partial charge on any atom is 0.235 e. The molecule has 0 aliphatic carbocycles. The van der Waals surface area contributed by atoms with Crippen LogP contribution >= 0.6 is 11.8 Å². The van der Waals surface area contributed by atoms with Gasteiger partial charge in [-0.1, -0.05) is 18.2 Å². The Hall–Kier alpha value is -2.01. The van der Waals surface area contributed by atoms with E-state index in [1.165, 1.54) is 24.0 Å². The van der Waals surface area contributed by atoms with Crippen LogP contribution < -0.4 is 5.32 Å². The lowest BCUT2D eigenvalue weighted by atomic mass is 10.2. The fourth-order valence-corrected chi connectivity index (χ4v) is 2.35. The second-order valence-electron chi connectivity index (χ2n) is 3.97. The zero-order valence-corrected chi connectivity index (χ0v) is 11.3. The molecule has 0 saturated heterocycles. The summed E-state index contributed by atoms with van der Waals surface area (Å²) in [6.45, 7) is 2.00. The van der Waals surface area contributed by atoms with E-state index in [-0.39, 0.29) is 23.2 Å². The molecule has 0 aliphatic heterocycles. The Balaban J connectivity index is 1.92. The number of hydrogen-bond donors (Lipinski definition) is 2. The van der Waals surface area contributed by atoms with Crippen molar-refractivity contribution >= 4 is 23.5 Å². The Kier molecular flexibility index (Phi) is 4.41. The monoisotopic (exact) mass is 274 g/mol. The molecule has 2 rings (SSSR count). The van der Waals surface area contributed by atoms with Crippen molar-refractivity contribution in [3.63, 3.8) is 0 Å². The van der Waals surface area contributed by atoms with Gasteiger partial charge in [0.05, 0.1) is 5.75 Å². The molecule has 2 aromatic rings. The minimum atomic E-state index is -0.192. The molecule has 19 heavy (non-hydrogen) atoms. The fourth-order valence-electron chi connectivity index (χ4n) is 1.52. The quantitative estimate of drug-likeness (QED) is 0.842. The maximum atomic E-state index is 11.8. The van der Waals surface area contributed by atoms with E-state index >= 15 is 0 Å². The third-order valence-electron chi connectivity index (χ3n) is 2.50. The molecule has 1 heterocycles. The summed E-state index contributed by atoms with van der Waals surface area (Å²) < 4.78 is 0. The molecule has 98 valence electrons. The molecule has 2 N–H and O–H groups in total. The van der Waals surface area contributed by atoms with Gasteiger partial charge in [0.1, 0.15) is 0 Å². The van der Waals surface area contributed by atoms with E-state index in [4.69, 9.17) is 0 Å². The number of nitrogens with one attached hydrogen (secondary N) is 1. The summed E-state index contributed by atoms with van der Waals surface area (Å²) >= 11 is 1.46. The van der Waals surface area contributed by atoms with Crippen LogP contribution in [0, 0.1) is 6.92 Å². The number of thioether (sulfide) groups is 1. The highest BCUT2D eigenvalue weighted by Gasteiger charge is 2.08. The second kappa shape index (κ2) is 6.24. The number of carbonyl (C=O) groups is 1. The first-order valence-electron chi connectivity index (χ1n) is 5.79. The number of amides is 1. The SMILES string of the molecule is Cc1ccccc1SCC(=O)Nc1ncccc1O. The molecule has 0 bridgehead atoms. The highest BCUT2D eigenvalue weighted by atomic mass is 32.2. The zero-order chi connectivity index (χ0) is 13.7. The van der Waals surface area contributed by atoms with Crippen molar-refractivity contribution in [1.29, 1.82) is 0 Å². The number of anilines is 1. The molecule has 0 unspecified atom stereocenters. The summed E-state index contributed by atoms with van der Waals surface area (Å²) in [5, 5.41) is 12.1. The van der Waals surface area contributed by atoms with E-state index < -0.39 is 0 Å². The summed E-state index contributed by atoms with van der Waals surface area (Å²) in [6, 6.07) is 11.0. The Bertz CT molecular complexity index is 587. The van der Waals surface area contributed by atoms with Crippen molar-refractivity contribution in [2.75, 3.05) is 11.1 Å². The molecule has 0 spiro atoms. The molecule has 4 nitrogen and oxygen atoms in total. The molecule has 5 heteroatoms. The van der Waals surface area contributed by atoms with Crippen molar-refractivity contribution in [3.05, 3.63) is 48.2 Å². The molecule has 1 amide bonds. The highest BCUT2D eigenvalue weighted by molar-refractivity contribution is 8.00. The molecule has 0 fully saturated rings. The van der Waals surface area contributed by atoms with E-state index in [0.29, 0.717) is 0 Å². The van der Waals surface area contributed by atoms with E-state index in [2.05, 4.69) is 10.3 Å². The summed E-state index contributed by atoms with van der Waals surface area (Å²) in [7, 11) is 0. The van der Waals surface area contributed by atoms with Gasteiger partial charge in [0.2, 0.25) is 5.91 Å². The summed E-state index contributed by atoms with van der Waals surface area (Å²) in [6.07, 6.45) is 1.52. The molecule has 0 radical (unpaired) electrons. The summed E-state index contributed by atoms with van der Waals surface area (Å²) in [5.41, 5.74) is 1.14. The zero-order valence-electron chi connectivity index (χ0n) is 10.5. The third kappa shape index (κ3) is 3.72. The van der Waals surface area contributed by atoms with Crippen LogP contribution in [0.1, 0.15) is 5.56 Å². The van der Waals surface area contributed by atoms with E-state index in [9.17, 15) is 9.90 Å². The molecule has 1 aromatic carbocycles. The molecule has 0 aliphatic rings. The Morgan fingerprint density at radius 2 is 2.11 bits per heavy atom. The van der Waals surface area contributed by atoms with Crippen molar-refractivity contribution in [1.82, 2.24) is 4.98 Å². The lowest BCUT2D eigenvalue weighted by Crippen LogP contribution is -2.15. The van der Waals surface area contributed by atoms with Gasteiger partial charge >= 0.3 is 0 Å². The number of aromatic nitrogens is 1. The number of hydrogen-bond acceptors (Lipinski definition) is 4. The number of aryl methyl sites for hydroxylation is 1. The van der Waals surface area contributed by atoms with Crippen LogP contribution in [0.25, 0.3) is 0 Å². The predicted molar refractivity (Wildman–Crippen MR) is 76.4 cm³/mol. The van der Waals surface area contributed by atoms with Crippen molar-refractivity contribution < 1.29 is 9.90 Å². The number of rotatable bonds is 4. The first kappa shape index (κ1) is 13.4. The topological polar surface area (TPSA) is 62.2 Å². The molecule has 0 atom stereocenters. The summed E-state index contributed by atoms with van der Waals surface area (Å²) in [4.78, 5) is 16.7. The minimum absolute atomic E-state index is 0.0308. The van der Waals surface area contributed by atoms with Crippen LogP contribution in [-0.2, 0) is 4.79 Å². The van der Waals surface area contributed by atoms with E-state index in [1.807, 2.05) is 31.2 Å². The number of nitrogens with zero attached hydrogens (tertiary/aromatic N) is 1. The van der Waals surface area contributed by atoms with Gasteiger partial charge in [-0.2, -0.15) is 0 Å². The minimum Gasteiger partial charge on any atom is -0.504 e. The van der Waals surface area contributed by atoms with Crippen molar-refractivity contribution in [2.24, 2.45) is 0 Å². The molecular weight excluding hydrogens is 260 g/mol. The van der Waals surface area contributed by atoms with Crippen LogP contribution in [0.3, 0.4) is 0 Å². The first-order chi connectivity index (χ1) is 9.16. The van der Waals surface area contributed by atoms with Crippen molar-refractivity contribution in [3.8, 4) is 5.75 Å². The average molecular weight is 274 g/mol. The lowest BCUT2D eigenvalue weighted by Gasteiger charge is -2.07. The van der Waals surface area contributed by atoms with Gasteiger partial charge < -0.3 is 10.4 Å². The molecular formula is C14H14N2O2S. The van der Waals surface area contributed by atoms with Gasteiger partial charge in [-0.3, -0.25) is 4.79 Å². The van der Waals surface area contributed by atoms with Crippen LogP contribution in [0.4, 0.5) is 5.82 Å². The fraction of sp³-hybridized carbons (Fsp3) is 0.143. The number of carbonyl (C=O) groups excluding carboxylic acids is 1. The van der Waals surface area contributed by atoms with Crippen LogP contribution in [0.2, 0.25) is 0 Å². The first-order valence-corrected chi connectivity index (χ1v) is 6.77. The largest absolute Gasteiger partial charge is 0.504 e. The number of benzene rings is 1. The Morgan fingerprint density at radius 3 is 2.84 bits per heavy atom. The highest BCUT2D eigenvalue weighted by Crippen LogP contribution is 2.23. The third-order valence-corrected chi connectivity index (χ3v) is 3.67. The molecule has 1 aromatic heterocycles. The van der Waals surface area contributed by atoms with Gasteiger partial charge in [-0.25, -0.2) is 4.98 Å². The van der Waals surface area contributed by atoms with Gasteiger partial charge in [0.15, 0.2) is 11.6 Å². The van der Waals surface area contributed by atoms with Gasteiger partial charge in [0, 0.05) is 11.1 Å². The Labute approximate surface area is 115 Å². The number of aromatic hydroxyl groups is 1. The Morgan fingerprint density at radius 1 is 1.32 bits per heavy atom. The van der Waals surface area contributed by atoms with Gasteiger partial charge in [-0.15, -0.1) is 11.8 Å². The normalized spacial score (nSPS) is 10.2. The van der Waals surface area contributed by atoms with E-state index in [0.717, 1.165) is 10.5 Å². The van der Waals surface area contributed by atoms with Crippen LogP contribution in [0.15, 0.2) is 47.5 Å². The smallest absolute Gasteiger partial charge is 0.235 e.